The van der Waals surface area contributed by atoms with Crippen molar-refractivity contribution in [1.82, 2.24) is 0 Å². The Morgan fingerprint density at radius 2 is 1.84 bits per heavy atom. The number of halogens is 2. The molecule has 2 amide bonds. The number of carbonyl (C=O) groups excluding carboxylic acids is 1. The van der Waals surface area contributed by atoms with Gasteiger partial charge in [0.2, 0.25) is 0 Å². The third-order valence-corrected chi connectivity index (χ3v) is 2.32. The zero-order chi connectivity index (χ0) is 13.8. The minimum absolute atomic E-state index is 0.0473. The Labute approximate surface area is 108 Å². The molecule has 19 heavy (non-hydrogen) atoms. The standard InChI is InChI=1S/C13H11F2N3O/c14-8-2-1-3-10(6-8)17-13(19)18-12-7-9(16)4-5-11(12)15/h1-7H,16H2,(H2,17,18,19). The van der Waals surface area contributed by atoms with E-state index in [9.17, 15) is 13.6 Å². The van der Waals surface area contributed by atoms with Crippen molar-refractivity contribution < 1.29 is 13.6 Å². The third kappa shape index (κ3) is 3.41. The van der Waals surface area contributed by atoms with E-state index < -0.39 is 17.7 Å². The van der Waals surface area contributed by atoms with Gasteiger partial charge in [0.25, 0.3) is 0 Å². The van der Waals surface area contributed by atoms with Crippen LogP contribution in [0.4, 0.5) is 30.6 Å². The van der Waals surface area contributed by atoms with Crippen LogP contribution in [0, 0.1) is 11.6 Å². The molecule has 0 aliphatic rings. The van der Waals surface area contributed by atoms with Crippen LogP contribution in [-0.4, -0.2) is 6.03 Å². The summed E-state index contributed by atoms with van der Waals surface area (Å²) in [5.41, 5.74) is 6.03. The predicted molar refractivity (Wildman–Crippen MR) is 69.9 cm³/mol. The van der Waals surface area contributed by atoms with Gasteiger partial charge < -0.3 is 16.4 Å². The summed E-state index contributed by atoms with van der Waals surface area (Å²) in [6.45, 7) is 0. The smallest absolute Gasteiger partial charge is 0.323 e. The second kappa shape index (κ2) is 5.34. The molecule has 0 spiro atoms. The number of anilines is 3. The summed E-state index contributed by atoms with van der Waals surface area (Å²) in [6.07, 6.45) is 0. The summed E-state index contributed by atoms with van der Waals surface area (Å²) in [6, 6.07) is 8.49. The Morgan fingerprint density at radius 3 is 2.58 bits per heavy atom. The van der Waals surface area contributed by atoms with Gasteiger partial charge in [0, 0.05) is 11.4 Å². The zero-order valence-corrected chi connectivity index (χ0v) is 9.78. The first-order valence-electron chi connectivity index (χ1n) is 5.43. The molecule has 98 valence electrons. The molecule has 0 heterocycles. The van der Waals surface area contributed by atoms with Crippen LogP contribution in [0.25, 0.3) is 0 Å². The maximum Gasteiger partial charge on any atom is 0.323 e. The van der Waals surface area contributed by atoms with Gasteiger partial charge in [-0.2, -0.15) is 0 Å². The molecule has 0 saturated heterocycles. The quantitative estimate of drug-likeness (QED) is 0.728. The van der Waals surface area contributed by atoms with E-state index in [1.54, 1.807) is 0 Å². The van der Waals surface area contributed by atoms with E-state index in [1.165, 1.54) is 30.3 Å². The Morgan fingerprint density at radius 1 is 1.05 bits per heavy atom. The fraction of sp³-hybridized carbons (Fsp3) is 0. The normalized spacial score (nSPS) is 10.0. The zero-order valence-electron chi connectivity index (χ0n) is 9.78. The fourth-order valence-corrected chi connectivity index (χ4v) is 1.49. The lowest BCUT2D eigenvalue weighted by Crippen LogP contribution is -2.20. The largest absolute Gasteiger partial charge is 0.399 e. The number of nitrogens with two attached hydrogens (primary N) is 1. The third-order valence-electron chi connectivity index (χ3n) is 2.32. The van der Waals surface area contributed by atoms with Gasteiger partial charge in [-0.05, 0) is 36.4 Å². The Balaban J connectivity index is 2.07. The Hall–Kier alpha value is -2.63. The fourth-order valence-electron chi connectivity index (χ4n) is 1.49. The average Bonchev–Trinajstić information content (AvgIpc) is 2.34. The van der Waals surface area contributed by atoms with Crippen LogP contribution >= 0.6 is 0 Å². The van der Waals surface area contributed by atoms with E-state index in [-0.39, 0.29) is 11.4 Å². The molecule has 4 N–H and O–H groups in total. The molecule has 0 saturated carbocycles. The lowest BCUT2D eigenvalue weighted by atomic mass is 10.2. The highest BCUT2D eigenvalue weighted by atomic mass is 19.1. The van der Waals surface area contributed by atoms with Crippen molar-refractivity contribution >= 4 is 23.1 Å². The van der Waals surface area contributed by atoms with Crippen molar-refractivity contribution in [2.45, 2.75) is 0 Å². The van der Waals surface area contributed by atoms with Crippen LogP contribution in [0.2, 0.25) is 0 Å². The van der Waals surface area contributed by atoms with E-state index in [1.807, 2.05) is 0 Å². The maximum atomic E-state index is 13.4. The van der Waals surface area contributed by atoms with Gasteiger partial charge >= 0.3 is 6.03 Å². The predicted octanol–water partition coefficient (Wildman–Crippen LogP) is 3.19. The Kier molecular flexibility index (Phi) is 3.61. The van der Waals surface area contributed by atoms with Crippen molar-refractivity contribution in [3.63, 3.8) is 0 Å². The molecule has 0 unspecified atom stereocenters. The summed E-state index contributed by atoms with van der Waals surface area (Å²) in [7, 11) is 0. The maximum absolute atomic E-state index is 13.4. The minimum atomic E-state index is -0.685. The molecular weight excluding hydrogens is 252 g/mol. The molecule has 0 fully saturated rings. The van der Waals surface area contributed by atoms with E-state index in [4.69, 9.17) is 5.73 Å². The number of nitrogen functional groups attached to an aromatic ring is 1. The van der Waals surface area contributed by atoms with Crippen LogP contribution in [0.15, 0.2) is 42.5 Å². The molecule has 0 aromatic heterocycles. The van der Waals surface area contributed by atoms with Gasteiger partial charge in [-0.1, -0.05) is 6.07 Å². The van der Waals surface area contributed by atoms with Gasteiger partial charge in [0.15, 0.2) is 0 Å². The number of hydrogen-bond acceptors (Lipinski definition) is 2. The minimum Gasteiger partial charge on any atom is -0.399 e. The number of hydrogen-bond donors (Lipinski definition) is 3. The second-order valence-electron chi connectivity index (χ2n) is 3.83. The molecule has 0 bridgehead atoms. The summed E-state index contributed by atoms with van der Waals surface area (Å²) < 4.78 is 26.3. The van der Waals surface area contributed by atoms with Gasteiger partial charge in [-0.15, -0.1) is 0 Å². The van der Waals surface area contributed by atoms with E-state index in [0.29, 0.717) is 5.69 Å². The number of nitrogens with one attached hydrogen (secondary N) is 2. The van der Waals surface area contributed by atoms with Gasteiger partial charge in [-0.3, -0.25) is 0 Å². The molecule has 2 aromatic carbocycles. The van der Waals surface area contributed by atoms with Crippen LogP contribution in [-0.2, 0) is 0 Å². The van der Waals surface area contributed by atoms with Gasteiger partial charge in [0.1, 0.15) is 11.6 Å². The van der Waals surface area contributed by atoms with Crippen LogP contribution in [0.3, 0.4) is 0 Å². The highest BCUT2D eigenvalue weighted by molar-refractivity contribution is 6.00. The van der Waals surface area contributed by atoms with Crippen molar-refractivity contribution in [3.05, 3.63) is 54.1 Å². The van der Waals surface area contributed by atoms with Crippen molar-refractivity contribution in [2.75, 3.05) is 16.4 Å². The summed E-state index contributed by atoms with van der Waals surface area (Å²) in [5, 5.41) is 4.67. The first kappa shape index (κ1) is 12.8. The molecule has 6 heteroatoms. The number of carbonyl (C=O) groups is 1. The molecule has 2 aromatic rings. The lowest BCUT2D eigenvalue weighted by molar-refractivity contribution is 0.262. The highest BCUT2D eigenvalue weighted by Crippen LogP contribution is 2.18. The highest BCUT2D eigenvalue weighted by Gasteiger charge is 2.07. The van der Waals surface area contributed by atoms with Crippen molar-refractivity contribution in [2.24, 2.45) is 0 Å². The van der Waals surface area contributed by atoms with E-state index in [0.717, 1.165) is 12.1 Å². The average molecular weight is 263 g/mol. The molecule has 0 atom stereocenters. The lowest BCUT2D eigenvalue weighted by Gasteiger charge is -2.09. The van der Waals surface area contributed by atoms with E-state index >= 15 is 0 Å². The number of benzene rings is 2. The topological polar surface area (TPSA) is 67.1 Å². The van der Waals surface area contributed by atoms with Crippen molar-refractivity contribution in [1.29, 1.82) is 0 Å². The first-order valence-corrected chi connectivity index (χ1v) is 5.43. The molecule has 2 rings (SSSR count). The first-order chi connectivity index (χ1) is 9.04. The monoisotopic (exact) mass is 263 g/mol. The molecule has 0 aliphatic heterocycles. The molecule has 0 radical (unpaired) electrons. The number of amides is 2. The van der Waals surface area contributed by atoms with Gasteiger partial charge in [-0.25, -0.2) is 13.6 Å². The van der Waals surface area contributed by atoms with Crippen LogP contribution in [0.5, 0.6) is 0 Å². The molecule has 0 aliphatic carbocycles. The molecule has 4 nitrogen and oxygen atoms in total. The van der Waals surface area contributed by atoms with Crippen LogP contribution < -0.4 is 16.4 Å². The summed E-state index contributed by atoms with van der Waals surface area (Å²) in [5.74, 6) is -1.09. The number of rotatable bonds is 2. The SMILES string of the molecule is Nc1ccc(F)c(NC(=O)Nc2cccc(F)c2)c1. The summed E-state index contributed by atoms with van der Waals surface area (Å²) >= 11 is 0. The van der Waals surface area contributed by atoms with Gasteiger partial charge in [0.05, 0.1) is 5.69 Å². The van der Waals surface area contributed by atoms with Crippen LogP contribution in [0.1, 0.15) is 0 Å². The molecular formula is C13H11F2N3O. The Bertz CT molecular complexity index is 617. The summed E-state index contributed by atoms with van der Waals surface area (Å²) in [4.78, 5) is 11.6. The second-order valence-corrected chi connectivity index (χ2v) is 3.83. The van der Waals surface area contributed by atoms with E-state index in [2.05, 4.69) is 10.6 Å². The van der Waals surface area contributed by atoms with Crippen molar-refractivity contribution in [3.8, 4) is 0 Å². The number of urea groups is 1.